The molecule has 0 bridgehead atoms. The smallest absolute Gasteiger partial charge is 0.870 e. The van der Waals surface area contributed by atoms with Crippen LogP contribution in [0.3, 0.4) is 0 Å². The molecule has 13 nitrogen and oxygen atoms in total. The molecule has 0 radical (unpaired) electrons. The van der Waals surface area contributed by atoms with E-state index in [-0.39, 0.29) is 54.6 Å². The number of carboxylic acids is 1. The number of benzene rings is 4. The van der Waals surface area contributed by atoms with E-state index in [1.54, 1.807) is 36.4 Å². The Hall–Kier alpha value is -4.66. The molecule has 0 saturated carbocycles. The van der Waals surface area contributed by atoms with Crippen LogP contribution in [0.5, 0.6) is 0 Å². The number of carbonyl (C=O) groups excluding carboxylic acids is 3. The van der Waals surface area contributed by atoms with E-state index in [4.69, 9.17) is 67.7 Å². The second-order valence-electron chi connectivity index (χ2n) is 12.6. The number of aromatic nitrogens is 2. The van der Waals surface area contributed by atoms with E-state index in [1.807, 2.05) is 70.5 Å². The van der Waals surface area contributed by atoms with Gasteiger partial charge in [0, 0.05) is 37.3 Å². The zero-order valence-electron chi connectivity index (χ0n) is 32.7. The Labute approximate surface area is 391 Å². The van der Waals surface area contributed by atoms with E-state index in [1.165, 1.54) is 18.4 Å². The van der Waals surface area contributed by atoms with Crippen LogP contribution in [0.2, 0.25) is 20.1 Å². The maximum atomic E-state index is 12.1. The van der Waals surface area contributed by atoms with Crippen molar-refractivity contribution >= 4 is 103 Å². The monoisotopic (exact) mass is 936 g/mol. The average Bonchev–Trinajstić information content (AvgIpc) is 3.88. The van der Waals surface area contributed by atoms with Gasteiger partial charge in [-0.3, -0.25) is 19.2 Å². The number of halogens is 4. The third-order valence-corrected chi connectivity index (χ3v) is 12.2. The maximum absolute atomic E-state index is 12.1. The van der Waals surface area contributed by atoms with Gasteiger partial charge in [-0.15, -0.1) is 0 Å². The standard InChI is InChI=1S/C21H19Cl2N3O3S.C20H17Cl2N3O3S.Li.H2O/c1-29-17(27)9-10-26(12-13-5-3-2-4-6-13)21-25-18(19(30-21)20(24)28)14-7-8-15(22)16(23)11-14;21-14-7-6-13(10-15(14)22)17-18(19(23)28)29-20(24-17)25(9-8-16(26)27)11-12-4-2-1-3-5-12;;/h2-8,11H,9-10,12H2,1H3,(H2,24,28);1-7,10H,8-9,11H2,(H2,23,28)(H,26,27);;1H2/q;;+1;/p-1. The fourth-order valence-corrected chi connectivity index (χ4v) is 8.08. The maximum Gasteiger partial charge on any atom is 1.00 e. The fourth-order valence-electron chi connectivity index (χ4n) is 5.55. The number of hydrogen-bond acceptors (Lipinski definition) is 12. The first-order valence-electron chi connectivity index (χ1n) is 17.6. The van der Waals surface area contributed by atoms with Gasteiger partial charge in [0.25, 0.3) is 11.8 Å². The van der Waals surface area contributed by atoms with Crippen molar-refractivity contribution in [3.63, 3.8) is 0 Å². The average molecular weight is 939 g/mol. The molecule has 4 aromatic carbocycles. The molecule has 2 heterocycles. The number of rotatable bonds is 16. The quantitative estimate of drug-likeness (QED) is 0.0723. The van der Waals surface area contributed by atoms with Crippen LogP contribution in [-0.2, 0) is 27.4 Å². The van der Waals surface area contributed by atoms with Crippen LogP contribution in [0, 0.1) is 0 Å². The molecule has 314 valence electrons. The number of anilines is 2. The molecular formula is C41H37Cl4LiN6O7S2. The largest absolute Gasteiger partial charge is 1.00 e. The molecule has 0 aliphatic carbocycles. The SMILES string of the molecule is COC(=O)CCN(Cc1ccccc1)c1nc(-c2ccc(Cl)c(Cl)c2)c(C(N)=O)s1.NC(=O)c1sc(N(CCC(=O)O)Cc2ccccc2)nc1-c1ccc(Cl)c(Cl)c1.[Li+].[OH-]. The van der Waals surface area contributed by atoms with Gasteiger partial charge in [-0.2, -0.15) is 0 Å². The van der Waals surface area contributed by atoms with E-state index in [0.717, 1.165) is 22.5 Å². The summed E-state index contributed by atoms with van der Waals surface area (Å²) >= 11 is 26.5. The van der Waals surface area contributed by atoms with Crippen LogP contribution in [0.1, 0.15) is 43.3 Å². The Morgan fingerprint density at radius 2 is 1.03 bits per heavy atom. The van der Waals surface area contributed by atoms with E-state index in [0.29, 0.717) is 77.4 Å². The van der Waals surface area contributed by atoms with E-state index < -0.39 is 17.8 Å². The van der Waals surface area contributed by atoms with E-state index in [9.17, 15) is 19.2 Å². The number of methoxy groups -OCH3 is 1. The summed E-state index contributed by atoms with van der Waals surface area (Å²) in [5.74, 6) is -2.45. The van der Waals surface area contributed by atoms with Crippen molar-refractivity contribution in [2.45, 2.75) is 25.9 Å². The minimum Gasteiger partial charge on any atom is -0.870 e. The first-order valence-corrected chi connectivity index (χ1v) is 20.8. The third-order valence-electron chi connectivity index (χ3n) is 8.45. The molecule has 20 heteroatoms. The molecule has 0 saturated heterocycles. The van der Waals surface area contributed by atoms with Crippen molar-refractivity contribution < 1.29 is 53.4 Å². The Morgan fingerprint density at radius 1 is 0.639 bits per heavy atom. The second-order valence-corrected chi connectivity index (χ2v) is 16.2. The normalized spacial score (nSPS) is 10.3. The number of ether oxygens (including phenoxy) is 1. The van der Waals surface area contributed by atoms with Crippen LogP contribution < -0.4 is 40.1 Å². The zero-order chi connectivity index (χ0) is 42.6. The second kappa shape index (κ2) is 24.1. The molecule has 6 rings (SSSR count). The molecule has 0 aliphatic rings. The summed E-state index contributed by atoms with van der Waals surface area (Å²) in [4.78, 5) is 60.5. The van der Waals surface area contributed by atoms with Crippen molar-refractivity contribution in [3.8, 4) is 22.5 Å². The molecule has 0 unspecified atom stereocenters. The fraction of sp³-hybridized carbons (Fsp3) is 0.171. The molecule has 6 N–H and O–H groups in total. The zero-order valence-corrected chi connectivity index (χ0v) is 37.3. The molecule has 2 amide bonds. The van der Waals surface area contributed by atoms with Gasteiger partial charge >= 0.3 is 30.8 Å². The third kappa shape index (κ3) is 14.2. The number of aliphatic carboxylic acids is 1. The molecule has 0 atom stereocenters. The Morgan fingerprint density at radius 3 is 1.38 bits per heavy atom. The first kappa shape index (κ1) is 50.7. The molecule has 6 aromatic rings. The number of carbonyl (C=O) groups is 4. The van der Waals surface area contributed by atoms with E-state index >= 15 is 0 Å². The van der Waals surface area contributed by atoms with Gasteiger partial charge in [-0.1, -0.05) is 142 Å². The van der Waals surface area contributed by atoms with Gasteiger partial charge in [0.15, 0.2) is 10.3 Å². The summed E-state index contributed by atoms with van der Waals surface area (Å²) in [5.41, 5.74) is 15.3. The van der Waals surface area contributed by atoms with Crippen molar-refractivity contribution in [2.75, 3.05) is 30.0 Å². The van der Waals surface area contributed by atoms with Gasteiger partial charge in [0.2, 0.25) is 0 Å². The van der Waals surface area contributed by atoms with Crippen molar-refractivity contribution in [2.24, 2.45) is 11.5 Å². The number of amides is 2. The number of nitrogens with zero attached hydrogens (tertiary/aromatic N) is 4. The summed E-state index contributed by atoms with van der Waals surface area (Å²) in [5, 5.41) is 11.7. The summed E-state index contributed by atoms with van der Waals surface area (Å²) in [6.07, 6.45) is 0.108. The Bertz CT molecular complexity index is 2440. The minimum atomic E-state index is -0.917. The van der Waals surface area contributed by atoms with Crippen LogP contribution in [0.4, 0.5) is 10.3 Å². The number of esters is 1. The van der Waals surface area contributed by atoms with E-state index in [2.05, 4.69) is 9.97 Å². The minimum absolute atomic E-state index is 0. The number of thiazole rings is 2. The number of nitrogens with two attached hydrogens (primary N) is 2. The van der Waals surface area contributed by atoms with Gasteiger partial charge in [0.05, 0.1) is 51.4 Å². The summed E-state index contributed by atoms with van der Waals surface area (Å²) in [6.45, 7) is 1.55. The van der Waals surface area contributed by atoms with Crippen LogP contribution in [-0.4, -0.2) is 64.5 Å². The van der Waals surface area contributed by atoms with Gasteiger partial charge in [0.1, 0.15) is 9.75 Å². The molecule has 61 heavy (non-hydrogen) atoms. The van der Waals surface area contributed by atoms with Crippen LogP contribution in [0.15, 0.2) is 97.1 Å². The Kier molecular flexibility index (Phi) is 20.0. The molecule has 0 aliphatic heterocycles. The first-order chi connectivity index (χ1) is 28.2. The number of carboxylic acid groups (broad SMARTS) is 1. The van der Waals surface area contributed by atoms with Crippen molar-refractivity contribution in [1.29, 1.82) is 0 Å². The predicted molar refractivity (Wildman–Crippen MR) is 238 cm³/mol. The Balaban J connectivity index is 0.000000315. The van der Waals surface area contributed by atoms with Crippen LogP contribution in [0.25, 0.3) is 22.5 Å². The number of hydrogen-bond donors (Lipinski definition) is 3. The van der Waals surface area contributed by atoms with Crippen molar-refractivity contribution in [3.05, 3.63) is 138 Å². The van der Waals surface area contributed by atoms with Crippen molar-refractivity contribution in [1.82, 2.24) is 9.97 Å². The molecule has 0 fully saturated rings. The predicted octanol–water partition coefficient (Wildman–Crippen LogP) is 6.31. The van der Waals surface area contributed by atoms with Gasteiger partial charge < -0.3 is 36.6 Å². The molecule has 0 spiro atoms. The topological polar surface area (TPSA) is 212 Å². The molecule has 2 aromatic heterocycles. The van der Waals surface area contributed by atoms with Gasteiger partial charge in [-0.25, -0.2) is 9.97 Å². The van der Waals surface area contributed by atoms with Gasteiger partial charge in [-0.05, 0) is 35.4 Å². The summed E-state index contributed by atoms with van der Waals surface area (Å²) in [6, 6.07) is 29.3. The summed E-state index contributed by atoms with van der Waals surface area (Å²) < 4.78 is 4.76. The summed E-state index contributed by atoms with van der Waals surface area (Å²) in [7, 11) is 1.35. The molecular weight excluding hydrogens is 901 g/mol. The van der Waals surface area contributed by atoms with Crippen LogP contribution >= 0.6 is 69.1 Å². The number of primary amides is 2.